The maximum Gasteiger partial charge on any atom is 0.249 e. The summed E-state index contributed by atoms with van der Waals surface area (Å²) in [6.07, 6.45) is 4.60. The lowest BCUT2D eigenvalue weighted by Crippen LogP contribution is -2.14. The van der Waals surface area contributed by atoms with Gasteiger partial charge in [-0.05, 0) is 23.8 Å². The van der Waals surface area contributed by atoms with E-state index >= 15 is 0 Å². The van der Waals surface area contributed by atoms with Gasteiger partial charge in [0.15, 0.2) is 5.82 Å². The van der Waals surface area contributed by atoms with Crippen molar-refractivity contribution in [2.45, 2.75) is 13.0 Å². The van der Waals surface area contributed by atoms with Gasteiger partial charge in [-0.3, -0.25) is 14.3 Å². The van der Waals surface area contributed by atoms with Crippen LogP contribution in [-0.4, -0.2) is 21.6 Å². The Kier molecular flexibility index (Phi) is 5.02. The summed E-state index contributed by atoms with van der Waals surface area (Å²) in [6.45, 7) is 0.352. The third-order valence-electron chi connectivity index (χ3n) is 2.76. The molecule has 1 heterocycles. The average Bonchev–Trinajstić information content (AvgIpc) is 2.90. The Morgan fingerprint density at radius 2 is 2.18 bits per heavy atom. The van der Waals surface area contributed by atoms with Crippen LogP contribution < -0.4 is 11.1 Å². The van der Waals surface area contributed by atoms with Crippen LogP contribution in [0.2, 0.25) is 0 Å². The smallest absolute Gasteiger partial charge is 0.249 e. The highest BCUT2D eigenvalue weighted by Crippen LogP contribution is 2.07. The molecule has 22 heavy (non-hydrogen) atoms. The van der Waals surface area contributed by atoms with Crippen molar-refractivity contribution in [1.82, 2.24) is 9.78 Å². The fourth-order valence-electron chi connectivity index (χ4n) is 1.73. The van der Waals surface area contributed by atoms with Crippen LogP contribution in [0, 0.1) is 5.82 Å². The number of rotatable bonds is 6. The minimum absolute atomic E-state index is 0.175. The van der Waals surface area contributed by atoms with Crippen LogP contribution in [-0.2, 0) is 16.1 Å². The predicted octanol–water partition coefficient (Wildman–Crippen LogP) is 1.55. The fourth-order valence-corrected chi connectivity index (χ4v) is 1.73. The molecule has 6 nitrogen and oxygen atoms in total. The number of primary amides is 1. The summed E-state index contributed by atoms with van der Waals surface area (Å²) in [5.74, 6) is -0.808. The van der Waals surface area contributed by atoms with Crippen molar-refractivity contribution in [1.29, 1.82) is 0 Å². The second kappa shape index (κ2) is 7.16. The van der Waals surface area contributed by atoms with Crippen LogP contribution in [0.25, 0.3) is 6.08 Å². The third kappa shape index (κ3) is 4.86. The molecule has 1 aromatic carbocycles. The van der Waals surface area contributed by atoms with Gasteiger partial charge in [-0.1, -0.05) is 12.1 Å². The van der Waals surface area contributed by atoms with E-state index in [9.17, 15) is 14.0 Å². The lowest BCUT2D eigenvalue weighted by molar-refractivity contribution is -0.118. The van der Waals surface area contributed by atoms with E-state index in [2.05, 4.69) is 10.4 Å². The van der Waals surface area contributed by atoms with Crippen molar-refractivity contribution in [2.24, 2.45) is 5.73 Å². The van der Waals surface area contributed by atoms with Crippen LogP contribution in [0.3, 0.4) is 0 Å². The van der Waals surface area contributed by atoms with E-state index in [0.717, 1.165) is 0 Å². The van der Waals surface area contributed by atoms with Gasteiger partial charge in [0.25, 0.3) is 0 Å². The third-order valence-corrected chi connectivity index (χ3v) is 2.76. The van der Waals surface area contributed by atoms with Gasteiger partial charge in [-0.25, -0.2) is 4.39 Å². The molecule has 0 aliphatic heterocycles. The van der Waals surface area contributed by atoms with Crippen LogP contribution in [0.15, 0.2) is 42.6 Å². The summed E-state index contributed by atoms with van der Waals surface area (Å²) in [4.78, 5) is 22.4. The van der Waals surface area contributed by atoms with Gasteiger partial charge in [-0.15, -0.1) is 0 Å². The number of aryl methyl sites for hydroxylation is 1. The summed E-state index contributed by atoms with van der Waals surface area (Å²) in [5.41, 5.74) is 5.63. The minimum atomic E-state index is -0.417. The highest BCUT2D eigenvalue weighted by atomic mass is 19.1. The Bertz CT molecular complexity index is 709. The first-order valence-corrected chi connectivity index (χ1v) is 6.59. The molecule has 0 radical (unpaired) electrons. The van der Waals surface area contributed by atoms with Crippen molar-refractivity contribution in [3.63, 3.8) is 0 Å². The average molecular weight is 302 g/mol. The van der Waals surface area contributed by atoms with Crippen molar-refractivity contribution < 1.29 is 14.0 Å². The summed E-state index contributed by atoms with van der Waals surface area (Å²) in [6, 6.07) is 7.51. The monoisotopic (exact) mass is 302 g/mol. The molecule has 0 fully saturated rings. The highest BCUT2D eigenvalue weighted by Gasteiger charge is 2.03. The molecular weight excluding hydrogens is 287 g/mol. The standard InChI is InChI=1S/C15H15FN4O2/c16-12-3-1-2-11(10-12)4-5-15(22)18-14-7-9-20(19-14)8-6-13(17)21/h1-5,7,9-10H,6,8H2,(H2,17,21)(H,18,19,22)/b5-4+. The molecule has 0 aliphatic rings. The zero-order chi connectivity index (χ0) is 15.9. The first kappa shape index (κ1) is 15.4. The molecule has 114 valence electrons. The molecule has 0 bridgehead atoms. The molecule has 0 aliphatic carbocycles. The van der Waals surface area contributed by atoms with Gasteiger partial charge in [0, 0.05) is 31.3 Å². The minimum Gasteiger partial charge on any atom is -0.370 e. The molecule has 2 aromatic rings. The van der Waals surface area contributed by atoms with Gasteiger partial charge in [0.1, 0.15) is 5.82 Å². The normalized spacial score (nSPS) is 10.8. The number of carbonyl (C=O) groups is 2. The lowest BCUT2D eigenvalue weighted by Gasteiger charge is -1.99. The summed E-state index contributed by atoms with van der Waals surface area (Å²) in [7, 11) is 0. The highest BCUT2D eigenvalue weighted by molar-refractivity contribution is 6.01. The van der Waals surface area contributed by atoms with Crippen molar-refractivity contribution in [3.05, 3.63) is 54.0 Å². The molecule has 1 aromatic heterocycles. The largest absolute Gasteiger partial charge is 0.370 e. The molecular formula is C15H15FN4O2. The van der Waals surface area contributed by atoms with E-state index < -0.39 is 5.91 Å². The SMILES string of the molecule is NC(=O)CCn1ccc(NC(=O)/C=C/c2cccc(F)c2)n1. The Morgan fingerprint density at radius 3 is 2.91 bits per heavy atom. The quantitative estimate of drug-likeness (QED) is 0.793. The van der Waals surface area contributed by atoms with Crippen LogP contribution in [0.1, 0.15) is 12.0 Å². The predicted molar refractivity (Wildman–Crippen MR) is 80.1 cm³/mol. The van der Waals surface area contributed by atoms with Gasteiger partial charge in [-0.2, -0.15) is 5.10 Å². The van der Waals surface area contributed by atoms with E-state index in [1.807, 2.05) is 0 Å². The maximum atomic E-state index is 13.0. The summed E-state index contributed by atoms with van der Waals surface area (Å²) in [5, 5.41) is 6.64. The number of hydrogen-bond donors (Lipinski definition) is 2. The zero-order valence-electron chi connectivity index (χ0n) is 11.7. The number of benzene rings is 1. The number of aromatic nitrogens is 2. The number of hydrogen-bond acceptors (Lipinski definition) is 3. The molecule has 2 rings (SSSR count). The van der Waals surface area contributed by atoms with Crippen LogP contribution in [0.4, 0.5) is 10.2 Å². The van der Waals surface area contributed by atoms with Crippen molar-refractivity contribution >= 4 is 23.7 Å². The van der Waals surface area contributed by atoms with E-state index in [1.165, 1.54) is 29.0 Å². The molecule has 2 amide bonds. The number of anilines is 1. The molecule has 0 saturated carbocycles. The molecule has 0 atom stereocenters. The molecule has 3 N–H and O–H groups in total. The van der Waals surface area contributed by atoms with E-state index in [1.54, 1.807) is 24.4 Å². The van der Waals surface area contributed by atoms with Gasteiger partial charge >= 0.3 is 0 Å². The van der Waals surface area contributed by atoms with E-state index in [-0.39, 0.29) is 18.1 Å². The number of nitrogens with two attached hydrogens (primary N) is 1. The summed E-state index contributed by atoms with van der Waals surface area (Å²) >= 11 is 0. The number of carbonyl (C=O) groups excluding carboxylic acids is 2. The van der Waals surface area contributed by atoms with Gasteiger partial charge in [0.05, 0.1) is 0 Å². The summed E-state index contributed by atoms with van der Waals surface area (Å²) < 4.78 is 14.5. The topological polar surface area (TPSA) is 90.0 Å². The number of amides is 2. The van der Waals surface area contributed by atoms with Crippen LogP contribution in [0.5, 0.6) is 0 Å². The van der Waals surface area contributed by atoms with Crippen molar-refractivity contribution in [3.8, 4) is 0 Å². The van der Waals surface area contributed by atoms with Gasteiger partial charge in [0.2, 0.25) is 11.8 Å². The number of nitrogens with zero attached hydrogens (tertiary/aromatic N) is 2. The first-order valence-electron chi connectivity index (χ1n) is 6.59. The van der Waals surface area contributed by atoms with E-state index in [0.29, 0.717) is 17.9 Å². The maximum absolute atomic E-state index is 13.0. The zero-order valence-corrected chi connectivity index (χ0v) is 11.7. The first-order chi connectivity index (χ1) is 10.5. The number of nitrogens with one attached hydrogen (secondary N) is 1. The molecule has 7 heteroatoms. The van der Waals surface area contributed by atoms with Crippen LogP contribution >= 0.6 is 0 Å². The van der Waals surface area contributed by atoms with Crippen molar-refractivity contribution in [2.75, 3.05) is 5.32 Å². The molecule has 0 unspecified atom stereocenters. The molecule has 0 spiro atoms. The Hall–Kier alpha value is -2.96. The van der Waals surface area contributed by atoms with Gasteiger partial charge < -0.3 is 11.1 Å². The molecule has 0 saturated heterocycles. The Labute approximate surface area is 126 Å². The second-order valence-electron chi connectivity index (χ2n) is 4.56. The fraction of sp³-hybridized carbons (Fsp3) is 0.133. The number of halogens is 1. The Balaban J connectivity index is 1.90. The van der Waals surface area contributed by atoms with E-state index in [4.69, 9.17) is 5.73 Å². The lowest BCUT2D eigenvalue weighted by atomic mass is 10.2. The Morgan fingerprint density at radius 1 is 1.36 bits per heavy atom. The second-order valence-corrected chi connectivity index (χ2v) is 4.56.